The summed E-state index contributed by atoms with van der Waals surface area (Å²) < 4.78 is 5.17. The third kappa shape index (κ3) is 4.57. The Morgan fingerprint density at radius 3 is 2.40 bits per heavy atom. The second-order valence-electron chi connectivity index (χ2n) is 5.75. The van der Waals surface area contributed by atoms with Crippen LogP contribution >= 0.6 is 0 Å². The maximum Gasteiger partial charge on any atom is 0.328 e. The molecule has 0 fully saturated rings. The van der Waals surface area contributed by atoms with Gasteiger partial charge in [-0.25, -0.2) is 4.79 Å². The fourth-order valence-electron chi connectivity index (χ4n) is 1.56. The Balaban J connectivity index is 2.73. The van der Waals surface area contributed by atoms with Crippen LogP contribution in [0.25, 0.3) is 0 Å². The summed E-state index contributed by atoms with van der Waals surface area (Å²) in [5.41, 5.74) is 0.368. The Kier molecular flexibility index (Phi) is 4.76. The average Bonchev–Trinajstić information content (AvgIpc) is 2.26. The van der Waals surface area contributed by atoms with E-state index in [-0.39, 0.29) is 11.3 Å². The second-order valence-corrected chi connectivity index (χ2v) is 5.75. The van der Waals surface area contributed by atoms with E-state index in [9.17, 15) is 14.7 Å². The zero-order valence-corrected chi connectivity index (χ0v) is 12.5. The molecule has 0 spiro atoms. The van der Waals surface area contributed by atoms with Gasteiger partial charge in [-0.15, -0.1) is 0 Å². The molecule has 0 heterocycles. The van der Waals surface area contributed by atoms with Crippen molar-refractivity contribution in [2.45, 2.75) is 46.3 Å². The molecule has 1 amide bonds. The van der Waals surface area contributed by atoms with E-state index < -0.39 is 23.5 Å². The highest BCUT2D eigenvalue weighted by Crippen LogP contribution is 2.18. The number of hydrogen-bond acceptors (Lipinski definition) is 4. The van der Waals surface area contributed by atoms with E-state index >= 15 is 0 Å². The van der Waals surface area contributed by atoms with Crippen molar-refractivity contribution < 1.29 is 19.4 Å². The summed E-state index contributed by atoms with van der Waals surface area (Å²) in [6, 6.07) is 3.93. The summed E-state index contributed by atoms with van der Waals surface area (Å²) in [5.74, 6) is -1.14. The molecule has 1 atom stereocenters. The van der Waals surface area contributed by atoms with E-state index in [4.69, 9.17) is 4.74 Å². The van der Waals surface area contributed by atoms with Crippen LogP contribution in [-0.4, -0.2) is 28.6 Å². The van der Waals surface area contributed by atoms with Crippen molar-refractivity contribution in [1.29, 1.82) is 0 Å². The maximum absolute atomic E-state index is 12.0. The number of nitrogens with one attached hydrogen (secondary N) is 1. The van der Waals surface area contributed by atoms with Crippen LogP contribution in [0.1, 0.15) is 43.6 Å². The highest BCUT2D eigenvalue weighted by Gasteiger charge is 2.24. The SMILES string of the molecule is Cc1ccc(C(=O)N[C@@H](C)C(=O)OC(C)(C)C)c(O)c1. The van der Waals surface area contributed by atoms with Gasteiger partial charge in [0.05, 0.1) is 5.56 Å². The number of aromatic hydroxyl groups is 1. The first-order valence-electron chi connectivity index (χ1n) is 6.43. The average molecular weight is 279 g/mol. The van der Waals surface area contributed by atoms with Gasteiger partial charge in [0.25, 0.3) is 5.91 Å². The van der Waals surface area contributed by atoms with Crippen LogP contribution in [0, 0.1) is 6.92 Å². The van der Waals surface area contributed by atoms with Crippen LogP contribution in [0.15, 0.2) is 18.2 Å². The monoisotopic (exact) mass is 279 g/mol. The van der Waals surface area contributed by atoms with E-state index in [2.05, 4.69) is 5.32 Å². The number of amides is 1. The summed E-state index contributed by atoms with van der Waals surface area (Å²) >= 11 is 0. The number of carbonyl (C=O) groups excluding carboxylic acids is 2. The Morgan fingerprint density at radius 1 is 1.30 bits per heavy atom. The standard InChI is InChI=1S/C15H21NO4/c1-9-6-7-11(12(17)8-9)13(18)16-10(2)14(19)20-15(3,4)5/h6-8,10,17H,1-5H3,(H,16,18)/t10-/m0/s1. The zero-order valence-electron chi connectivity index (χ0n) is 12.5. The lowest BCUT2D eigenvalue weighted by molar-refractivity contribution is -0.156. The fraction of sp³-hybridized carbons (Fsp3) is 0.467. The van der Waals surface area contributed by atoms with Gasteiger partial charge < -0.3 is 15.2 Å². The zero-order chi connectivity index (χ0) is 15.5. The quantitative estimate of drug-likeness (QED) is 0.831. The molecule has 5 nitrogen and oxygen atoms in total. The summed E-state index contributed by atoms with van der Waals surface area (Å²) in [5, 5.41) is 12.2. The Hall–Kier alpha value is -2.04. The molecule has 1 aromatic carbocycles. The predicted molar refractivity (Wildman–Crippen MR) is 75.6 cm³/mol. The van der Waals surface area contributed by atoms with Crippen LogP contribution < -0.4 is 5.32 Å². The number of esters is 1. The molecule has 0 aliphatic heterocycles. The molecular weight excluding hydrogens is 258 g/mol. The first kappa shape index (κ1) is 16.0. The topological polar surface area (TPSA) is 75.6 Å². The predicted octanol–water partition coefficient (Wildman–Crippen LogP) is 2.16. The lowest BCUT2D eigenvalue weighted by atomic mass is 10.1. The number of ether oxygens (including phenoxy) is 1. The van der Waals surface area contributed by atoms with E-state index in [1.54, 1.807) is 26.8 Å². The number of benzene rings is 1. The van der Waals surface area contributed by atoms with Crippen molar-refractivity contribution in [3.63, 3.8) is 0 Å². The molecule has 20 heavy (non-hydrogen) atoms. The number of phenols is 1. The summed E-state index contributed by atoms with van der Waals surface area (Å²) in [7, 11) is 0. The van der Waals surface area contributed by atoms with E-state index in [0.717, 1.165) is 5.56 Å². The lowest BCUT2D eigenvalue weighted by Crippen LogP contribution is -2.42. The van der Waals surface area contributed by atoms with Gasteiger partial charge in [-0.2, -0.15) is 0 Å². The molecule has 1 rings (SSSR count). The minimum absolute atomic E-state index is 0.112. The van der Waals surface area contributed by atoms with Gasteiger partial charge in [0.2, 0.25) is 0 Å². The number of aryl methyl sites for hydroxylation is 1. The Labute approximate surface area is 118 Å². The summed E-state index contributed by atoms with van der Waals surface area (Å²) in [6.45, 7) is 8.61. The van der Waals surface area contributed by atoms with Crippen molar-refractivity contribution >= 4 is 11.9 Å². The van der Waals surface area contributed by atoms with Crippen molar-refractivity contribution in [2.75, 3.05) is 0 Å². The first-order valence-corrected chi connectivity index (χ1v) is 6.43. The molecule has 0 aliphatic carbocycles. The molecule has 2 N–H and O–H groups in total. The fourth-order valence-corrected chi connectivity index (χ4v) is 1.56. The number of carbonyl (C=O) groups is 2. The van der Waals surface area contributed by atoms with Crippen LogP contribution in [0.5, 0.6) is 5.75 Å². The molecule has 0 aliphatic rings. The molecule has 110 valence electrons. The first-order chi connectivity index (χ1) is 9.10. The normalized spacial score (nSPS) is 12.7. The molecule has 1 aromatic rings. The van der Waals surface area contributed by atoms with Gasteiger partial charge in [-0.3, -0.25) is 4.79 Å². The Bertz CT molecular complexity index is 517. The van der Waals surface area contributed by atoms with Crippen molar-refractivity contribution in [2.24, 2.45) is 0 Å². The van der Waals surface area contributed by atoms with E-state index in [0.29, 0.717) is 0 Å². The van der Waals surface area contributed by atoms with Gasteiger partial charge in [-0.1, -0.05) is 6.07 Å². The van der Waals surface area contributed by atoms with Gasteiger partial charge in [0.15, 0.2) is 0 Å². The summed E-state index contributed by atoms with van der Waals surface area (Å²) in [6.07, 6.45) is 0. The number of hydrogen-bond donors (Lipinski definition) is 2. The molecule has 0 bridgehead atoms. The van der Waals surface area contributed by atoms with Gasteiger partial charge >= 0.3 is 5.97 Å². The summed E-state index contributed by atoms with van der Waals surface area (Å²) in [4.78, 5) is 23.7. The molecule has 0 aromatic heterocycles. The van der Waals surface area contributed by atoms with Crippen LogP contribution in [-0.2, 0) is 9.53 Å². The van der Waals surface area contributed by atoms with Crippen molar-refractivity contribution in [1.82, 2.24) is 5.32 Å². The van der Waals surface area contributed by atoms with Crippen LogP contribution in [0.2, 0.25) is 0 Å². The lowest BCUT2D eigenvalue weighted by Gasteiger charge is -2.22. The van der Waals surface area contributed by atoms with Crippen LogP contribution in [0.4, 0.5) is 0 Å². The van der Waals surface area contributed by atoms with E-state index in [1.807, 2.05) is 6.92 Å². The molecule has 0 saturated heterocycles. The highest BCUT2D eigenvalue weighted by molar-refractivity contribution is 5.98. The second kappa shape index (κ2) is 5.94. The van der Waals surface area contributed by atoms with Crippen molar-refractivity contribution in [3.8, 4) is 5.75 Å². The van der Waals surface area contributed by atoms with Gasteiger partial charge in [0, 0.05) is 0 Å². The number of rotatable bonds is 3. The minimum atomic E-state index is -0.789. The van der Waals surface area contributed by atoms with Crippen LogP contribution in [0.3, 0.4) is 0 Å². The van der Waals surface area contributed by atoms with Crippen molar-refractivity contribution in [3.05, 3.63) is 29.3 Å². The molecule has 0 unspecified atom stereocenters. The largest absolute Gasteiger partial charge is 0.507 e. The third-order valence-corrected chi connectivity index (χ3v) is 2.51. The van der Waals surface area contributed by atoms with Gasteiger partial charge in [0.1, 0.15) is 17.4 Å². The minimum Gasteiger partial charge on any atom is -0.507 e. The molecule has 0 radical (unpaired) electrons. The molecule has 0 saturated carbocycles. The molecule has 5 heteroatoms. The molecular formula is C15H21NO4. The maximum atomic E-state index is 12.0. The third-order valence-electron chi connectivity index (χ3n) is 2.51. The smallest absolute Gasteiger partial charge is 0.328 e. The van der Waals surface area contributed by atoms with E-state index in [1.165, 1.54) is 19.1 Å². The van der Waals surface area contributed by atoms with Gasteiger partial charge in [-0.05, 0) is 52.3 Å². The highest BCUT2D eigenvalue weighted by atomic mass is 16.6. The number of phenolic OH excluding ortho intramolecular Hbond substituents is 1. The Morgan fingerprint density at radius 2 is 1.90 bits per heavy atom.